The number of nitrogens with zero attached hydrogens (tertiary/aromatic N) is 3. The lowest BCUT2D eigenvalue weighted by atomic mass is 10.0. The fourth-order valence-electron chi connectivity index (χ4n) is 1.79. The highest BCUT2D eigenvalue weighted by molar-refractivity contribution is 5.47. The number of nitrogens with one attached hydrogen (secondary N) is 1. The van der Waals surface area contributed by atoms with E-state index in [2.05, 4.69) is 29.2 Å². The monoisotopic (exact) mass is 223 g/mol. The normalized spacial score (nSPS) is 11.2. The zero-order valence-electron chi connectivity index (χ0n) is 10.7. The van der Waals surface area contributed by atoms with Crippen molar-refractivity contribution in [2.75, 3.05) is 19.5 Å². The van der Waals surface area contributed by atoms with Crippen LogP contribution >= 0.6 is 0 Å². The van der Waals surface area contributed by atoms with E-state index in [1.807, 2.05) is 25.9 Å². The van der Waals surface area contributed by atoms with E-state index in [0.29, 0.717) is 12.5 Å². The summed E-state index contributed by atoms with van der Waals surface area (Å²) in [6.07, 6.45) is 0. The zero-order valence-corrected chi connectivity index (χ0v) is 10.7. The molecule has 90 valence electrons. The van der Waals surface area contributed by atoms with Crippen molar-refractivity contribution < 1.29 is 0 Å². The fourth-order valence-corrected chi connectivity index (χ4v) is 1.79. The molecule has 0 radical (unpaired) electrons. The predicted octanol–water partition coefficient (Wildman–Crippen LogP) is 1.26. The lowest BCUT2D eigenvalue weighted by molar-refractivity contribution is 0.390. The van der Waals surface area contributed by atoms with Gasteiger partial charge >= 0.3 is 0 Å². The summed E-state index contributed by atoms with van der Waals surface area (Å²) in [5.41, 5.74) is 4.74. The number of hydrogen-bond donors (Lipinski definition) is 2. The number of aromatic nitrogens is 2. The summed E-state index contributed by atoms with van der Waals surface area (Å²) in [5.74, 6) is 7.39. The van der Waals surface area contributed by atoms with Gasteiger partial charge in [0.2, 0.25) is 0 Å². The summed E-state index contributed by atoms with van der Waals surface area (Å²) in [7, 11) is 3.98. The average molecular weight is 223 g/mol. The first-order chi connectivity index (χ1) is 7.45. The van der Waals surface area contributed by atoms with Crippen LogP contribution in [0.5, 0.6) is 0 Å². The lowest BCUT2D eigenvalue weighted by Gasteiger charge is -2.16. The van der Waals surface area contributed by atoms with Crippen molar-refractivity contribution in [2.45, 2.75) is 33.2 Å². The second kappa shape index (κ2) is 5.23. The second-order valence-corrected chi connectivity index (χ2v) is 4.52. The largest absolute Gasteiger partial charge is 0.308 e. The molecule has 0 unspecified atom stereocenters. The summed E-state index contributed by atoms with van der Waals surface area (Å²) in [6.45, 7) is 6.93. The number of anilines is 1. The smallest absolute Gasteiger partial charge is 0.147 e. The summed E-state index contributed by atoms with van der Waals surface area (Å²) in [5, 5.41) is 0. The first-order valence-electron chi connectivity index (χ1n) is 5.44. The highest BCUT2D eigenvalue weighted by Gasteiger charge is 2.14. The average Bonchev–Trinajstić information content (AvgIpc) is 2.14. The third-order valence-corrected chi connectivity index (χ3v) is 2.35. The van der Waals surface area contributed by atoms with Crippen molar-refractivity contribution in [1.82, 2.24) is 14.9 Å². The Hall–Kier alpha value is -1.20. The highest BCUT2D eigenvalue weighted by Crippen LogP contribution is 2.24. The molecule has 5 heteroatoms. The minimum Gasteiger partial charge on any atom is -0.308 e. The Morgan fingerprint density at radius 3 is 2.38 bits per heavy atom. The van der Waals surface area contributed by atoms with Crippen LogP contribution in [-0.4, -0.2) is 29.0 Å². The van der Waals surface area contributed by atoms with Gasteiger partial charge in [0.15, 0.2) is 0 Å². The van der Waals surface area contributed by atoms with E-state index in [9.17, 15) is 0 Å². The minimum absolute atomic E-state index is 0.361. The molecule has 0 fully saturated rings. The van der Waals surface area contributed by atoms with E-state index in [0.717, 1.165) is 22.9 Å². The first-order valence-corrected chi connectivity index (χ1v) is 5.44. The Morgan fingerprint density at radius 1 is 1.31 bits per heavy atom. The van der Waals surface area contributed by atoms with Crippen molar-refractivity contribution in [3.8, 4) is 0 Å². The maximum atomic E-state index is 5.50. The Labute approximate surface area is 97.0 Å². The van der Waals surface area contributed by atoms with Gasteiger partial charge in [-0.3, -0.25) is 0 Å². The number of nitrogen functional groups attached to an aromatic ring is 1. The number of rotatable bonds is 4. The van der Waals surface area contributed by atoms with E-state index in [-0.39, 0.29) is 0 Å². The molecule has 1 aromatic rings. The summed E-state index contributed by atoms with van der Waals surface area (Å²) in [4.78, 5) is 11.0. The van der Waals surface area contributed by atoms with Crippen molar-refractivity contribution in [3.05, 3.63) is 17.1 Å². The number of hydrogen-bond acceptors (Lipinski definition) is 5. The predicted molar refractivity (Wildman–Crippen MR) is 66.1 cm³/mol. The molecule has 0 saturated heterocycles. The van der Waals surface area contributed by atoms with Gasteiger partial charge in [-0.2, -0.15) is 0 Å². The first kappa shape index (κ1) is 12.9. The fraction of sp³-hybridized carbons (Fsp3) is 0.636. The van der Waals surface area contributed by atoms with Crippen molar-refractivity contribution in [1.29, 1.82) is 0 Å². The van der Waals surface area contributed by atoms with E-state index < -0.39 is 0 Å². The van der Waals surface area contributed by atoms with Crippen molar-refractivity contribution in [3.63, 3.8) is 0 Å². The van der Waals surface area contributed by atoms with Crippen LogP contribution in [0.4, 0.5) is 5.82 Å². The van der Waals surface area contributed by atoms with Crippen molar-refractivity contribution in [2.24, 2.45) is 5.84 Å². The molecule has 5 nitrogen and oxygen atoms in total. The van der Waals surface area contributed by atoms with Gasteiger partial charge in [0.25, 0.3) is 0 Å². The quantitative estimate of drug-likeness (QED) is 0.594. The van der Waals surface area contributed by atoms with Gasteiger partial charge in [0.1, 0.15) is 11.6 Å². The molecule has 16 heavy (non-hydrogen) atoms. The van der Waals surface area contributed by atoms with E-state index in [1.54, 1.807) is 0 Å². The zero-order chi connectivity index (χ0) is 12.3. The van der Waals surface area contributed by atoms with Crippen LogP contribution in [0.25, 0.3) is 0 Å². The van der Waals surface area contributed by atoms with Gasteiger partial charge < -0.3 is 10.3 Å². The van der Waals surface area contributed by atoms with Gasteiger partial charge in [0, 0.05) is 11.3 Å². The Morgan fingerprint density at radius 2 is 1.94 bits per heavy atom. The molecule has 0 aliphatic carbocycles. The molecule has 0 aliphatic rings. The van der Waals surface area contributed by atoms with E-state index in [1.165, 1.54) is 0 Å². The van der Waals surface area contributed by atoms with Gasteiger partial charge in [-0.05, 0) is 26.9 Å². The van der Waals surface area contributed by atoms with Crippen LogP contribution in [0, 0.1) is 6.92 Å². The summed E-state index contributed by atoms with van der Waals surface area (Å²) in [6, 6.07) is 0. The van der Waals surface area contributed by atoms with Crippen LogP contribution in [-0.2, 0) is 6.54 Å². The van der Waals surface area contributed by atoms with E-state index >= 15 is 0 Å². The SMILES string of the molecule is Cc1nc(CN(C)C)nc(NN)c1C(C)C. The van der Waals surface area contributed by atoms with Gasteiger partial charge in [0.05, 0.1) is 6.54 Å². The molecule has 1 aromatic heterocycles. The molecule has 3 N–H and O–H groups in total. The second-order valence-electron chi connectivity index (χ2n) is 4.52. The molecular formula is C11H21N5. The lowest BCUT2D eigenvalue weighted by Crippen LogP contribution is -2.19. The van der Waals surface area contributed by atoms with Crippen LogP contribution in [0.1, 0.15) is 36.8 Å². The summed E-state index contributed by atoms with van der Waals surface area (Å²) < 4.78 is 0. The summed E-state index contributed by atoms with van der Waals surface area (Å²) >= 11 is 0. The molecule has 0 amide bonds. The van der Waals surface area contributed by atoms with Crippen LogP contribution < -0.4 is 11.3 Å². The minimum atomic E-state index is 0.361. The molecular weight excluding hydrogens is 202 g/mol. The molecule has 0 aliphatic heterocycles. The maximum absolute atomic E-state index is 5.50. The van der Waals surface area contributed by atoms with Crippen LogP contribution in [0.15, 0.2) is 0 Å². The maximum Gasteiger partial charge on any atom is 0.147 e. The molecule has 1 heterocycles. The topological polar surface area (TPSA) is 67.1 Å². The third kappa shape index (κ3) is 2.90. The molecule has 0 atom stereocenters. The molecule has 0 aromatic carbocycles. The number of aryl methyl sites for hydroxylation is 1. The van der Waals surface area contributed by atoms with E-state index in [4.69, 9.17) is 5.84 Å². The molecule has 0 bridgehead atoms. The molecule has 0 saturated carbocycles. The molecule has 0 spiro atoms. The van der Waals surface area contributed by atoms with Gasteiger partial charge in [-0.25, -0.2) is 15.8 Å². The Bertz CT molecular complexity index is 360. The Balaban J connectivity index is 3.16. The van der Waals surface area contributed by atoms with Crippen molar-refractivity contribution >= 4 is 5.82 Å². The highest BCUT2D eigenvalue weighted by atomic mass is 15.3. The van der Waals surface area contributed by atoms with Gasteiger partial charge in [-0.15, -0.1) is 0 Å². The number of hydrazine groups is 1. The standard InChI is InChI=1S/C11H21N5/c1-7(2)10-8(3)13-9(6-16(4)5)14-11(10)15-12/h7H,6,12H2,1-5H3,(H,13,14,15). The van der Waals surface area contributed by atoms with Gasteiger partial charge in [-0.1, -0.05) is 13.8 Å². The third-order valence-electron chi connectivity index (χ3n) is 2.35. The van der Waals surface area contributed by atoms with Crippen LogP contribution in [0.2, 0.25) is 0 Å². The number of nitrogens with two attached hydrogens (primary N) is 1. The Kier molecular flexibility index (Phi) is 4.20. The molecule has 1 rings (SSSR count). The van der Waals surface area contributed by atoms with Crippen LogP contribution in [0.3, 0.4) is 0 Å².